The van der Waals surface area contributed by atoms with Gasteiger partial charge in [-0.05, 0) is 56.9 Å². The first-order chi connectivity index (χ1) is 8.51. The zero-order chi connectivity index (χ0) is 13.7. The van der Waals surface area contributed by atoms with Gasteiger partial charge in [0, 0.05) is 13.2 Å². The van der Waals surface area contributed by atoms with Crippen LogP contribution in [0.2, 0.25) is 0 Å². The van der Waals surface area contributed by atoms with Crippen LogP contribution in [0.3, 0.4) is 0 Å². The molecule has 2 N–H and O–H groups in total. The van der Waals surface area contributed by atoms with Gasteiger partial charge in [0.1, 0.15) is 0 Å². The van der Waals surface area contributed by atoms with Crippen molar-refractivity contribution in [2.45, 2.75) is 47.0 Å². The van der Waals surface area contributed by atoms with Gasteiger partial charge in [-0.1, -0.05) is 12.1 Å². The average molecular weight is 251 g/mol. The molecule has 0 aliphatic heterocycles. The van der Waals surface area contributed by atoms with E-state index in [1.54, 1.807) is 0 Å². The molecule has 3 nitrogen and oxygen atoms in total. The zero-order valence-corrected chi connectivity index (χ0v) is 12.1. The summed E-state index contributed by atoms with van der Waals surface area (Å²) in [5.74, 6) is 0. The first kappa shape index (κ1) is 15.2. The highest BCUT2D eigenvalue weighted by molar-refractivity contribution is 5.38. The molecule has 18 heavy (non-hydrogen) atoms. The summed E-state index contributed by atoms with van der Waals surface area (Å²) in [6, 6.07) is 4.06. The molecule has 1 atom stereocenters. The van der Waals surface area contributed by atoms with Crippen LogP contribution in [-0.4, -0.2) is 19.5 Å². The number of rotatable bonds is 6. The molecule has 1 unspecified atom stereocenters. The summed E-state index contributed by atoms with van der Waals surface area (Å²) in [6.45, 7) is 11.4. The summed E-state index contributed by atoms with van der Waals surface area (Å²) in [5.41, 5.74) is 11.1. The van der Waals surface area contributed by atoms with Gasteiger partial charge in [0.15, 0.2) is 6.29 Å². The molecule has 0 aromatic heterocycles. The van der Waals surface area contributed by atoms with Crippen LogP contribution in [0.15, 0.2) is 12.1 Å². The number of ether oxygens (including phenoxy) is 2. The van der Waals surface area contributed by atoms with Crippen LogP contribution in [0.1, 0.15) is 42.1 Å². The Kier molecular flexibility index (Phi) is 5.79. The second-order valence-corrected chi connectivity index (χ2v) is 4.60. The van der Waals surface area contributed by atoms with Crippen molar-refractivity contribution in [3.05, 3.63) is 34.4 Å². The predicted octanol–water partition coefficient (Wildman–Crippen LogP) is 3.01. The van der Waals surface area contributed by atoms with Crippen LogP contribution >= 0.6 is 0 Å². The summed E-state index contributed by atoms with van der Waals surface area (Å²) in [5, 5.41) is 0. The molecule has 0 heterocycles. The lowest BCUT2D eigenvalue weighted by atomic mass is 9.96. The first-order valence-corrected chi connectivity index (χ1v) is 6.57. The van der Waals surface area contributed by atoms with Gasteiger partial charge >= 0.3 is 0 Å². The second-order valence-electron chi connectivity index (χ2n) is 4.60. The second kappa shape index (κ2) is 6.88. The monoisotopic (exact) mass is 251 g/mol. The quantitative estimate of drug-likeness (QED) is 0.790. The van der Waals surface area contributed by atoms with Crippen molar-refractivity contribution in [3.63, 3.8) is 0 Å². The van der Waals surface area contributed by atoms with Crippen molar-refractivity contribution >= 4 is 0 Å². The normalized spacial score (nSPS) is 13.1. The summed E-state index contributed by atoms with van der Waals surface area (Å²) >= 11 is 0. The van der Waals surface area contributed by atoms with E-state index >= 15 is 0 Å². The van der Waals surface area contributed by atoms with Gasteiger partial charge in [-0.2, -0.15) is 0 Å². The van der Waals surface area contributed by atoms with Gasteiger partial charge in [0.05, 0.1) is 6.04 Å². The summed E-state index contributed by atoms with van der Waals surface area (Å²) in [6.07, 6.45) is -0.374. The van der Waals surface area contributed by atoms with Gasteiger partial charge in [0.25, 0.3) is 0 Å². The van der Waals surface area contributed by atoms with Crippen molar-refractivity contribution < 1.29 is 9.47 Å². The lowest BCUT2D eigenvalue weighted by Gasteiger charge is -2.25. The van der Waals surface area contributed by atoms with E-state index in [-0.39, 0.29) is 12.3 Å². The van der Waals surface area contributed by atoms with Crippen molar-refractivity contribution in [3.8, 4) is 0 Å². The summed E-state index contributed by atoms with van der Waals surface area (Å²) in [7, 11) is 0. The third-order valence-electron chi connectivity index (χ3n) is 3.20. The maximum Gasteiger partial charge on any atom is 0.176 e. The first-order valence-electron chi connectivity index (χ1n) is 6.57. The fourth-order valence-electron chi connectivity index (χ4n) is 2.07. The molecule has 0 fully saturated rings. The molecular weight excluding hydrogens is 226 g/mol. The number of aryl methyl sites for hydroxylation is 3. The van der Waals surface area contributed by atoms with Gasteiger partial charge < -0.3 is 15.2 Å². The zero-order valence-electron chi connectivity index (χ0n) is 12.1. The Bertz CT molecular complexity index is 384. The molecular formula is C15H25NO2. The van der Waals surface area contributed by atoms with Crippen LogP contribution in [0, 0.1) is 20.8 Å². The molecule has 0 amide bonds. The molecule has 0 aliphatic rings. The van der Waals surface area contributed by atoms with E-state index in [1.807, 2.05) is 13.8 Å². The maximum atomic E-state index is 6.28. The molecule has 3 heteroatoms. The van der Waals surface area contributed by atoms with Gasteiger partial charge in [-0.3, -0.25) is 0 Å². The van der Waals surface area contributed by atoms with Crippen LogP contribution < -0.4 is 5.73 Å². The van der Waals surface area contributed by atoms with Gasteiger partial charge in [0.2, 0.25) is 0 Å². The summed E-state index contributed by atoms with van der Waals surface area (Å²) < 4.78 is 11.2. The minimum atomic E-state index is -0.374. The Morgan fingerprint density at radius 3 is 1.94 bits per heavy atom. The fourth-order valence-corrected chi connectivity index (χ4v) is 2.07. The van der Waals surface area contributed by atoms with Crippen molar-refractivity contribution in [1.82, 2.24) is 0 Å². The summed E-state index contributed by atoms with van der Waals surface area (Å²) in [4.78, 5) is 0. The Morgan fingerprint density at radius 2 is 1.44 bits per heavy atom. The van der Waals surface area contributed by atoms with Gasteiger partial charge in [-0.25, -0.2) is 0 Å². The van der Waals surface area contributed by atoms with E-state index < -0.39 is 0 Å². The van der Waals surface area contributed by atoms with Crippen molar-refractivity contribution in [2.24, 2.45) is 5.73 Å². The van der Waals surface area contributed by atoms with Crippen molar-refractivity contribution in [1.29, 1.82) is 0 Å². The maximum absolute atomic E-state index is 6.28. The van der Waals surface area contributed by atoms with Crippen molar-refractivity contribution in [2.75, 3.05) is 13.2 Å². The molecule has 0 spiro atoms. The minimum Gasteiger partial charge on any atom is -0.351 e. The fraction of sp³-hybridized carbons (Fsp3) is 0.600. The van der Waals surface area contributed by atoms with E-state index in [2.05, 4.69) is 32.9 Å². The molecule has 1 aromatic carbocycles. The van der Waals surface area contributed by atoms with E-state index in [0.717, 1.165) is 5.56 Å². The Morgan fingerprint density at radius 1 is 0.944 bits per heavy atom. The molecule has 0 aliphatic carbocycles. The number of hydrogen-bond acceptors (Lipinski definition) is 3. The van der Waals surface area contributed by atoms with Crippen LogP contribution in [0.5, 0.6) is 0 Å². The Hall–Kier alpha value is -0.900. The van der Waals surface area contributed by atoms with E-state index in [0.29, 0.717) is 13.2 Å². The lowest BCUT2D eigenvalue weighted by Crippen LogP contribution is -2.32. The van der Waals surface area contributed by atoms with E-state index in [4.69, 9.17) is 15.2 Å². The number of nitrogens with two attached hydrogens (primary N) is 1. The molecule has 102 valence electrons. The van der Waals surface area contributed by atoms with Crippen LogP contribution in [0.25, 0.3) is 0 Å². The SMILES string of the molecule is CCOC(OCC)C(N)c1cc(C)c(C)cc1C. The Balaban J connectivity index is 3.00. The van der Waals surface area contributed by atoms with E-state index in [1.165, 1.54) is 16.7 Å². The lowest BCUT2D eigenvalue weighted by molar-refractivity contribution is -0.149. The molecule has 0 saturated heterocycles. The largest absolute Gasteiger partial charge is 0.351 e. The Labute approximate surface area is 110 Å². The highest BCUT2D eigenvalue weighted by atomic mass is 16.7. The predicted molar refractivity (Wildman–Crippen MR) is 74.6 cm³/mol. The smallest absolute Gasteiger partial charge is 0.176 e. The molecule has 1 rings (SSSR count). The third kappa shape index (κ3) is 3.55. The number of benzene rings is 1. The molecule has 0 saturated carbocycles. The molecule has 0 bridgehead atoms. The topological polar surface area (TPSA) is 44.5 Å². The number of hydrogen-bond donors (Lipinski definition) is 1. The highest BCUT2D eigenvalue weighted by Gasteiger charge is 2.22. The van der Waals surface area contributed by atoms with E-state index in [9.17, 15) is 0 Å². The third-order valence-corrected chi connectivity index (χ3v) is 3.20. The highest BCUT2D eigenvalue weighted by Crippen LogP contribution is 2.24. The molecule has 1 aromatic rings. The molecule has 0 radical (unpaired) electrons. The average Bonchev–Trinajstić information content (AvgIpc) is 2.33. The minimum absolute atomic E-state index is 0.246. The van der Waals surface area contributed by atoms with Crippen LogP contribution in [0.4, 0.5) is 0 Å². The van der Waals surface area contributed by atoms with Gasteiger partial charge in [-0.15, -0.1) is 0 Å². The standard InChI is InChI=1S/C15H25NO2/c1-6-17-15(18-7-2)14(16)13-9-11(4)10(3)8-12(13)5/h8-9,14-15H,6-7,16H2,1-5H3. The van der Waals surface area contributed by atoms with Crippen LogP contribution in [-0.2, 0) is 9.47 Å².